The molecule has 2 heteroatoms. The van der Waals surface area contributed by atoms with Crippen LogP contribution in [0.15, 0.2) is 121 Å². The molecule has 0 spiro atoms. The highest BCUT2D eigenvalue weighted by Gasteiger charge is 2.00. The van der Waals surface area contributed by atoms with Gasteiger partial charge in [-0.2, -0.15) is 0 Å². The quantitative estimate of drug-likeness (QED) is 0.160. The van der Waals surface area contributed by atoms with Crippen LogP contribution in [0.4, 0.5) is 0 Å². The molecule has 4 aromatic rings. The molecule has 0 fully saturated rings. The first-order chi connectivity index (χ1) is 16.7. The van der Waals surface area contributed by atoms with Gasteiger partial charge >= 0.3 is 0 Å². The van der Waals surface area contributed by atoms with E-state index in [0.717, 1.165) is 22.3 Å². The number of hydrogen-bond donors (Lipinski definition) is 0. The van der Waals surface area contributed by atoms with Gasteiger partial charge in [0.25, 0.3) is 0 Å². The van der Waals surface area contributed by atoms with Gasteiger partial charge in [0.2, 0.25) is 0 Å². The third kappa shape index (κ3) is 6.47. The number of ketones is 2. The number of allylic oxidation sites excluding steroid dienone is 2. The van der Waals surface area contributed by atoms with Gasteiger partial charge in [0.15, 0.2) is 11.6 Å². The average Bonchev–Trinajstić information content (AvgIpc) is 2.91. The fourth-order valence-corrected chi connectivity index (χ4v) is 3.37. The van der Waals surface area contributed by atoms with E-state index in [2.05, 4.69) is 0 Å². The Labute approximate surface area is 200 Å². The summed E-state index contributed by atoms with van der Waals surface area (Å²) >= 11 is 0. The average molecular weight is 441 g/mol. The second-order valence-corrected chi connectivity index (χ2v) is 7.79. The number of carbonyl (C=O) groups excluding carboxylic acids is 2. The van der Waals surface area contributed by atoms with Crippen molar-refractivity contribution in [1.29, 1.82) is 0 Å². The SMILES string of the molecule is O=C(/C=C/c1ccc(/C=C/c2ccc(/C=C/C(=O)c3ccccc3)cc2)cc1)c1ccccc1. The fraction of sp³-hybridized carbons (Fsp3) is 0. The van der Waals surface area contributed by atoms with E-state index in [9.17, 15) is 9.59 Å². The van der Waals surface area contributed by atoms with Gasteiger partial charge in [-0.05, 0) is 34.4 Å². The van der Waals surface area contributed by atoms with Crippen molar-refractivity contribution in [3.05, 3.63) is 155 Å². The van der Waals surface area contributed by atoms with Crippen LogP contribution in [0.25, 0.3) is 24.3 Å². The molecule has 164 valence electrons. The summed E-state index contributed by atoms with van der Waals surface area (Å²) in [4.78, 5) is 24.4. The molecular formula is C32H24O2. The Morgan fingerprint density at radius 2 is 0.676 bits per heavy atom. The zero-order chi connectivity index (χ0) is 23.6. The normalized spacial score (nSPS) is 11.4. The van der Waals surface area contributed by atoms with Crippen LogP contribution in [0.1, 0.15) is 43.0 Å². The molecule has 0 aromatic heterocycles. The number of hydrogen-bond acceptors (Lipinski definition) is 2. The standard InChI is InChI=1S/C32H24O2/c33-31(29-7-3-1-4-8-29)23-21-27-17-13-25(14-18-27)11-12-26-15-19-28(20-16-26)22-24-32(34)30-9-5-2-6-10-30/h1-24H/b12-11+,23-21+,24-22+. The highest BCUT2D eigenvalue weighted by molar-refractivity contribution is 6.07. The molecule has 34 heavy (non-hydrogen) atoms. The van der Waals surface area contributed by atoms with E-state index in [1.165, 1.54) is 0 Å². The molecule has 0 amide bonds. The van der Waals surface area contributed by atoms with Gasteiger partial charge in [-0.25, -0.2) is 0 Å². The minimum Gasteiger partial charge on any atom is -0.289 e. The maximum absolute atomic E-state index is 12.2. The van der Waals surface area contributed by atoms with E-state index in [1.807, 2.05) is 133 Å². The summed E-state index contributed by atoms with van der Waals surface area (Å²) in [6.07, 6.45) is 11.0. The second-order valence-electron chi connectivity index (χ2n) is 7.79. The summed E-state index contributed by atoms with van der Waals surface area (Å²) in [6.45, 7) is 0. The molecule has 0 aliphatic rings. The Hall–Kier alpha value is -4.56. The van der Waals surface area contributed by atoms with Crippen LogP contribution in [0, 0.1) is 0 Å². The van der Waals surface area contributed by atoms with E-state index in [4.69, 9.17) is 0 Å². The van der Waals surface area contributed by atoms with Crippen LogP contribution < -0.4 is 0 Å². The van der Waals surface area contributed by atoms with Crippen molar-refractivity contribution in [2.45, 2.75) is 0 Å². The van der Waals surface area contributed by atoms with Crippen LogP contribution in [0.5, 0.6) is 0 Å². The fourth-order valence-electron chi connectivity index (χ4n) is 3.37. The molecule has 0 aliphatic carbocycles. The molecule has 2 nitrogen and oxygen atoms in total. The first kappa shape index (κ1) is 22.6. The highest BCUT2D eigenvalue weighted by atomic mass is 16.1. The molecule has 4 rings (SSSR count). The van der Waals surface area contributed by atoms with Gasteiger partial charge in [0, 0.05) is 11.1 Å². The predicted molar refractivity (Wildman–Crippen MR) is 141 cm³/mol. The first-order valence-electron chi connectivity index (χ1n) is 11.1. The molecule has 0 aliphatic heterocycles. The maximum atomic E-state index is 12.2. The molecule has 0 atom stereocenters. The number of benzene rings is 4. The molecule has 0 radical (unpaired) electrons. The summed E-state index contributed by atoms with van der Waals surface area (Å²) in [5.41, 5.74) is 5.46. The topological polar surface area (TPSA) is 34.1 Å². The number of carbonyl (C=O) groups is 2. The van der Waals surface area contributed by atoms with Crippen molar-refractivity contribution in [1.82, 2.24) is 0 Å². The summed E-state index contributed by atoms with van der Waals surface area (Å²) in [5, 5.41) is 0. The summed E-state index contributed by atoms with van der Waals surface area (Å²) in [5.74, 6) is -0.0143. The minimum atomic E-state index is -0.00713. The minimum absolute atomic E-state index is 0.00713. The zero-order valence-electron chi connectivity index (χ0n) is 18.7. The Morgan fingerprint density at radius 1 is 0.382 bits per heavy atom. The van der Waals surface area contributed by atoms with Crippen LogP contribution in [0.3, 0.4) is 0 Å². The Bertz CT molecular complexity index is 1220. The Kier molecular flexibility index (Phi) is 7.55. The second kappa shape index (κ2) is 11.3. The molecule has 0 N–H and O–H groups in total. The summed E-state index contributed by atoms with van der Waals surface area (Å²) in [7, 11) is 0. The van der Waals surface area contributed by atoms with Crippen molar-refractivity contribution in [3.63, 3.8) is 0 Å². The maximum Gasteiger partial charge on any atom is 0.185 e. The lowest BCUT2D eigenvalue weighted by molar-refractivity contribution is 0.103. The summed E-state index contributed by atoms with van der Waals surface area (Å²) < 4.78 is 0. The zero-order valence-corrected chi connectivity index (χ0v) is 18.7. The first-order valence-corrected chi connectivity index (χ1v) is 11.1. The lowest BCUT2D eigenvalue weighted by atomic mass is 10.1. The van der Waals surface area contributed by atoms with Gasteiger partial charge in [0.1, 0.15) is 0 Å². The predicted octanol–water partition coefficient (Wildman–Crippen LogP) is 7.65. The van der Waals surface area contributed by atoms with E-state index >= 15 is 0 Å². The van der Waals surface area contributed by atoms with Crippen molar-refractivity contribution < 1.29 is 9.59 Å². The van der Waals surface area contributed by atoms with Crippen molar-refractivity contribution >= 4 is 35.9 Å². The molecule has 0 unspecified atom stereocenters. The molecule has 0 saturated heterocycles. The molecular weight excluding hydrogens is 416 g/mol. The molecule has 0 saturated carbocycles. The van der Waals surface area contributed by atoms with Crippen LogP contribution in [-0.2, 0) is 0 Å². The third-order valence-electron chi connectivity index (χ3n) is 5.31. The Morgan fingerprint density at radius 3 is 1.00 bits per heavy atom. The monoisotopic (exact) mass is 440 g/mol. The third-order valence-corrected chi connectivity index (χ3v) is 5.31. The van der Waals surface area contributed by atoms with E-state index in [-0.39, 0.29) is 11.6 Å². The highest BCUT2D eigenvalue weighted by Crippen LogP contribution is 2.13. The van der Waals surface area contributed by atoms with E-state index in [0.29, 0.717) is 11.1 Å². The Balaban J connectivity index is 1.33. The van der Waals surface area contributed by atoms with E-state index < -0.39 is 0 Å². The number of rotatable bonds is 8. The largest absolute Gasteiger partial charge is 0.289 e. The van der Waals surface area contributed by atoms with Gasteiger partial charge in [0.05, 0.1) is 0 Å². The van der Waals surface area contributed by atoms with Crippen LogP contribution in [0.2, 0.25) is 0 Å². The van der Waals surface area contributed by atoms with Gasteiger partial charge in [-0.1, -0.05) is 133 Å². The van der Waals surface area contributed by atoms with Crippen molar-refractivity contribution in [3.8, 4) is 0 Å². The van der Waals surface area contributed by atoms with Gasteiger partial charge < -0.3 is 0 Å². The smallest absolute Gasteiger partial charge is 0.185 e. The van der Waals surface area contributed by atoms with Crippen LogP contribution >= 0.6 is 0 Å². The lowest BCUT2D eigenvalue weighted by Gasteiger charge is -1.99. The molecule has 0 bridgehead atoms. The van der Waals surface area contributed by atoms with Gasteiger partial charge in [-0.15, -0.1) is 0 Å². The van der Waals surface area contributed by atoms with Crippen molar-refractivity contribution in [2.24, 2.45) is 0 Å². The van der Waals surface area contributed by atoms with Crippen LogP contribution in [-0.4, -0.2) is 11.6 Å². The lowest BCUT2D eigenvalue weighted by Crippen LogP contribution is -1.92. The molecule has 4 aromatic carbocycles. The molecule has 0 heterocycles. The van der Waals surface area contributed by atoms with E-state index in [1.54, 1.807) is 12.2 Å². The van der Waals surface area contributed by atoms with Crippen molar-refractivity contribution in [2.75, 3.05) is 0 Å². The summed E-state index contributed by atoms with van der Waals surface area (Å²) in [6, 6.07) is 34.5. The van der Waals surface area contributed by atoms with Gasteiger partial charge in [-0.3, -0.25) is 9.59 Å².